The second-order valence-corrected chi connectivity index (χ2v) is 1.95. The number of hydrogen-bond acceptors (Lipinski definition) is 1. The van der Waals surface area contributed by atoms with Crippen LogP contribution < -0.4 is 0 Å². The number of hydrogen-bond donors (Lipinski definition) is 1. The summed E-state index contributed by atoms with van der Waals surface area (Å²) in [6, 6.07) is 0. The zero-order valence-electron chi connectivity index (χ0n) is 4.46. The Labute approximate surface area is 43.7 Å². The van der Waals surface area contributed by atoms with E-state index in [1.165, 1.54) is 0 Å². The first-order valence-electron chi connectivity index (χ1n) is 2.71. The minimum atomic E-state index is -0.134. The molecule has 0 bridgehead atoms. The quantitative estimate of drug-likeness (QED) is 0.484. The summed E-state index contributed by atoms with van der Waals surface area (Å²) in [5.41, 5.74) is 0. The van der Waals surface area contributed by atoms with Crippen molar-refractivity contribution in [2.45, 2.75) is 19.4 Å². The first-order valence-corrected chi connectivity index (χ1v) is 2.71. The van der Waals surface area contributed by atoms with Gasteiger partial charge in [0.1, 0.15) is 0 Å². The zero-order chi connectivity index (χ0) is 5.28. The fourth-order valence-corrected chi connectivity index (χ4v) is 0.745. The summed E-state index contributed by atoms with van der Waals surface area (Å²) in [5.74, 6) is 0.458. The molecule has 7 heavy (non-hydrogen) atoms. The molecule has 0 saturated heterocycles. The fraction of sp³-hybridized carbons (Fsp3) is 0.667. The van der Waals surface area contributed by atoms with E-state index in [0.29, 0.717) is 5.92 Å². The molecule has 0 aromatic heterocycles. The predicted octanol–water partition coefficient (Wildman–Crippen LogP) is 0.943. The van der Waals surface area contributed by atoms with E-state index in [0.717, 1.165) is 6.42 Å². The third-order valence-corrected chi connectivity index (χ3v) is 1.47. The van der Waals surface area contributed by atoms with E-state index in [1.54, 1.807) is 0 Å². The van der Waals surface area contributed by atoms with Gasteiger partial charge in [0.05, 0.1) is 6.10 Å². The first-order chi connectivity index (χ1) is 3.34. The summed E-state index contributed by atoms with van der Waals surface area (Å²) >= 11 is 0. The van der Waals surface area contributed by atoms with Crippen LogP contribution in [0.5, 0.6) is 0 Å². The molecular weight excluding hydrogens is 88.1 g/mol. The zero-order valence-corrected chi connectivity index (χ0v) is 4.46. The molecule has 0 aromatic rings. The van der Waals surface area contributed by atoms with E-state index >= 15 is 0 Å². The van der Waals surface area contributed by atoms with Crippen molar-refractivity contribution in [1.82, 2.24) is 0 Å². The summed E-state index contributed by atoms with van der Waals surface area (Å²) in [6.45, 7) is 2.08. The highest BCUT2D eigenvalue weighted by atomic mass is 16.3. The average Bonchev–Trinajstić information content (AvgIpc) is 1.65. The van der Waals surface area contributed by atoms with Gasteiger partial charge in [0.2, 0.25) is 0 Å². The largest absolute Gasteiger partial charge is 0.388 e. The molecule has 0 fully saturated rings. The Morgan fingerprint density at radius 2 is 2.29 bits per heavy atom. The Morgan fingerprint density at radius 3 is 2.29 bits per heavy atom. The van der Waals surface area contributed by atoms with Crippen molar-refractivity contribution >= 4 is 0 Å². The maximum absolute atomic E-state index is 8.82. The smallest absolute Gasteiger partial charge is 0.0783 e. The molecule has 0 aromatic carbocycles. The van der Waals surface area contributed by atoms with Crippen molar-refractivity contribution in [3.05, 3.63) is 12.2 Å². The molecule has 2 atom stereocenters. The molecule has 0 saturated carbocycles. The van der Waals surface area contributed by atoms with Gasteiger partial charge in [0.25, 0.3) is 0 Å². The molecule has 0 aliphatic heterocycles. The molecule has 1 heteroatoms. The van der Waals surface area contributed by atoms with Gasteiger partial charge in [-0.3, -0.25) is 0 Å². The molecule has 1 aliphatic carbocycles. The number of aliphatic hydroxyl groups is 1. The molecular formula is C6H10O. The van der Waals surface area contributed by atoms with Gasteiger partial charge in [-0.2, -0.15) is 0 Å². The predicted molar refractivity (Wildman–Crippen MR) is 28.9 cm³/mol. The molecule has 1 nitrogen and oxygen atoms in total. The number of aliphatic hydroxyl groups excluding tert-OH is 1. The fourth-order valence-electron chi connectivity index (χ4n) is 0.745. The van der Waals surface area contributed by atoms with Crippen molar-refractivity contribution in [2.75, 3.05) is 0 Å². The third-order valence-electron chi connectivity index (χ3n) is 1.47. The van der Waals surface area contributed by atoms with Gasteiger partial charge in [-0.15, -0.1) is 0 Å². The van der Waals surface area contributed by atoms with Crippen LogP contribution in [0.2, 0.25) is 0 Å². The molecule has 0 heterocycles. The van der Waals surface area contributed by atoms with Crippen LogP contribution in [0.15, 0.2) is 12.2 Å². The van der Waals surface area contributed by atoms with Crippen LogP contribution in [0.25, 0.3) is 0 Å². The lowest BCUT2D eigenvalue weighted by molar-refractivity contribution is 0.152. The van der Waals surface area contributed by atoms with Crippen LogP contribution in [-0.2, 0) is 0 Å². The van der Waals surface area contributed by atoms with Crippen molar-refractivity contribution in [2.24, 2.45) is 5.92 Å². The lowest BCUT2D eigenvalue weighted by Gasteiger charge is -2.22. The molecule has 0 amide bonds. The molecule has 2 unspecified atom stereocenters. The molecule has 1 N–H and O–H groups in total. The van der Waals surface area contributed by atoms with Crippen LogP contribution in [0.1, 0.15) is 13.3 Å². The van der Waals surface area contributed by atoms with Crippen molar-refractivity contribution in [3.8, 4) is 0 Å². The van der Waals surface area contributed by atoms with Crippen LogP contribution in [0.4, 0.5) is 0 Å². The van der Waals surface area contributed by atoms with Crippen molar-refractivity contribution in [1.29, 1.82) is 0 Å². The SMILES string of the molecule is CCC1C=CC1O. The van der Waals surface area contributed by atoms with Gasteiger partial charge < -0.3 is 5.11 Å². The van der Waals surface area contributed by atoms with Crippen LogP contribution in [0, 0.1) is 5.92 Å². The van der Waals surface area contributed by atoms with Gasteiger partial charge in [-0.1, -0.05) is 19.1 Å². The first kappa shape index (κ1) is 4.85. The average molecular weight is 98.1 g/mol. The van der Waals surface area contributed by atoms with Gasteiger partial charge in [-0.05, 0) is 6.42 Å². The van der Waals surface area contributed by atoms with E-state index in [2.05, 4.69) is 6.92 Å². The van der Waals surface area contributed by atoms with E-state index in [4.69, 9.17) is 5.11 Å². The van der Waals surface area contributed by atoms with Gasteiger partial charge in [0, 0.05) is 5.92 Å². The molecule has 0 radical (unpaired) electrons. The normalized spacial score (nSPS) is 38.0. The summed E-state index contributed by atoms with van der Waals surface area (Å²) in [6.07, 6.45) is 4.81. The highest BCUT2D eigenvalue weighted by Gasteiger charge is 2.18. The second-order valence-electron chi connectivity index (χ2n) is 1.95. The molecule has 1 aliphatic rings. The Balaban J connectivity index is 2.33. The lowest BCUT2D eigenvalue weighted by Crippen LogP contribution is -2.22. The monoisotopic (exact) mass is 98.1 g/mol. The summed E-state index contributed by atoms with van der Waals surface area (Å²) in [5, 5.41) is 8.82. The van der Waals surface area contributed by atoms with Crippen molar-refractivity contribution in [3.63, 3.8) is 0 Å². The van der Waals surface area contributed by atoms with Gasteiger partial charge in [0.15, 0.2) is 0 Å². The minimum Gasteiger partial charge on any atom is -0.388 e. The maximum Gasteiger partial charge on any atom is 0.0783 e. The third kappa shape index (κ3) is 0.682. The van der Waals surface area contributed by atoms with Crippen molar-refractivity contribution < 1.29 is 5.11 Å². The highest BCUT2D eigenvalue weighted by molar-refractivity contribution is 5.09. The molecule has 1 rings (SSSR count). The van der Waals surface area contributed by atoms with E-state index in [1.807, 2.05) is 12.2 Å². The topological polar surface area (TPSA) is 20.2 Å². The maximum atomic E-state index is 8.82. The molecule has 0 spiro atoms. The van der Waals surface area contributed by atoms with Gasteiger partial charge in [-0.25, -0.2) is 0 Å². The van der Waals surface area contributed by atoms with Crippen LogP contribution >= 0.6 is 0 Å². The summed E-state index contributed by atoms with van der Waals surface area (Å²) < 4.78 is 0. The Kier molecular flexibility index (Phi) is 1.15. The second kappa shape index (κ2) is 1.66. The van der Waals surface area contributed by atoms with Crippen LogP contribution in [0.3, 0.4) is 0 Å². The Morgan fingerprint density at radius 1 is 1.57 bits per heavy atom. The van der Waals surface area contributed by atoms with E-state index < -0.39 is 0 Å². The van der Waals surface area contributed by atoms with Crippen LogP contribution in [-0.4, -0.2) is 11.2 Å². The summed E-state index contributed by atoms with van der Waals surface area (Å²) in [7, 11) is 0. The van der Waals surface area contributed by atoms with E-state index in [9.17, 15) is 0 Å². The Hall–Kier alpha value is -0.300. The minimum absolute atomic E-state index is 0.134. The standard InChI is InChI=1S/C6H10O/c1-2-5-3-4-6(5)7/h3-7H,2H2,1H3. The lowest BCUT2D eigenvalue weighted by atomic mass is 9.90. The summed E-state index contributed by atoms with van der Waals surface area (Å²) in [4.78, 5) is 0. The molecule has 40 valence electrons. The highest BCUT2D eigenvalue weighted by Crippen LogP contribution is 2.19. The number of rotatable bonds is 1. The van der Waals surface area contributed by atoms with E-state index in [-0.39, 0.29) is 6.10 Å². The Bertz CT molecular complexity index is 86.2. The van der Waals surface area contributed by atoms with Gasteiger partial charge >= 0.3 is 0 Å².